The summed E-state index contributed by atoms with van der Waals surface area (Å²) in [5.41, 5.74) is 0.634. The number of carboxylic acid groups (broad SMARTS) is 1. The van der Waals surface area contributed by atoms with Crippen LogP contribution in [0.15, 0.2) is 48.5 Å². The van der Waals surface area contributed by atoms with Crippen LogP contribution < -0.4 is 9.47 Å². The normalized spacial score (nSPS) is 17.5. The van der Waals surface area contributed by atoms with E-state index >= 15 is 0 Å². The second-order valence-corrected chi connectivity index (χ2v) is 6.17. The molecule has 0 fully saturated rings. The Kier molecular flexibility index (Phi) is 4.92. The van der Waals surface area contributed by atoms with Crippen LogP contribution in [0.3, 0.4) is 0 Å². The average Bonchev–Trinajstić information content (AvgIpc) is 2.54. The molecule has 0 saturated heterocycles. The van der Waals surface area contributed by atoms with Crippen LogP contribution in [0.4, 0.5) is 0 Å². The number of aliphatic carboxylic acids is 1. The van der Waals surface area contributed by atoms with Crippen molar-refractivity contribution >= 4 is 17.6 Å². The maximum absolute atomic E-state index is 11.7. The maximum Gasteiger partial charge on any atom is 0.325 e. The molecule has 5 nitrogen and oxygen atoms in total. The lowest BCUT2D eigenvalue weighted by Crippen LogP contribution is -2.42. The Morgan fingerprint density at radius 1 is 1.29 bits per heavy atom. The summed E-state index contributed by atoms with van der Waals surface area (Å²) in [6.07, 6.45) is -0.245. The Morgan fingerprint density at radius 2 is 2.04 bits per heavy atom. The van der Waals surface area contributed by atoms with E-state index in [9.17, 15) is 9.90 Å². The van der Waals surface area contributed by atoms with E-state index in [1.807, 2.05) is 24.3 Å². The Morgan fingerprint density at radius 3 is 2.75 bits per heavy atom. The SMILES string of the molecule is CN(CC1COc2ccccc2O1)C(C(=O)O)c1cccc(Cl)c1. The fourth-order valence-electron chi connectivity index (χ4n) is 2.84. The number of rotatable bonds is 5. The third kappa shape index (κ3) is 3.63. The number of hydrogen-bond donors (Lipinski definition) is 1. The lowest BCUT2D eigenvalue weighted by Gasteiger charge is -2.32. The molecule has 1 aliphatic rings. The van der Waals surface area contributed by atoms with E-state index in [2.05, 4.69) is 0 Å². The molecule has 2 aromatic carbocycles. The molecule has 2 atom stereocenters. The van der Waals surface area contributed by atoms with Crippen molar-refractivity contribution in [3.8, 4) is 11.5 Å². The quantitative estimate of drug-likeness (QED) is 0.899. The molecule has 2 aromatic rings. The molecule has 126 valence electrons. The van der Waals surface area contributed by atoms with Gasteiger partial charge in [0.05, 0.1) is 0 Å². The minimum atomic E-state index is -0.933. The summed E-state index contributed by atoms with van der Waals surface area (Å²) in [5.74, 6) is 0.453. The van der Waals surface area contributed by atoms with Crippen molar-refractivity contribution in [1.82, 2.24) is 4.90 Å². The summed E-state index contributed by atoms with van der Waals surface area (Å²) in [6, 6.07) is 13.5. The summed E-state index contributed by atoms with van der Waals surface area (Å²) in [7, 11) is 1.75. The van der Waals surface area contributed by atoms with Crippen LogP contribution in [0.5, 0.6) is 11.5 Å². The molecule has 0 aromatic heterocycles. The predicted molar refractivity (Wildman–Crippen MR) is 90.8 cm³/mol. The zero-order chi connectivity index (χ0) is 17.1. The number of nitrogens with zero attached hydrogens (tertiary/aromatic N) is 1. The zero-order valence-electron chi connectivity index (χ0n) is 13.2. The molecule has 2 unspecified atom stereocenters. The van der Waals surface area contributed by atoms with Gasteiger partial charge in [-0.25, -0.2) is 0 Å². The third-order valence-corrected chi connectivity index (χ3v) is 4.13. The lowest BCUT2D eigenvalue weighted by atomic mass is 10.1. The van der Waals surface area contributed by atoms with Gasteiger partial charge in [-0.1, -0.05) is 35.9 Å². The maximum atomic E-state index is 11.7. The summed E-state index contributed by atoms with van der Waals surface area (Å²) >= 11 is 5.99. The molecule has 0 spiro atoms. The topological polar surface area (TPSA) is 59.0 Å². The highest BCUT2D eigenvalue weighted by Crippen LogP contribution is 2.31. The molecule has 6 heteroatoms. The second kappa shape index (κ2) is 7.11. The van der Waals surface area contributed by atoms with Crippen molar-refractivity contribution in [1.29, 1.82) is 0 Å². The highest BCUT2D eigenvalue weighted by molar-refractivity contribution is 6.30. The summed E-state index contributed by atoms with van der Waals surface area (Å²) < 4.78 is 11.6. The first kappa shape index (κ1) is 16.6. The van der Waals surface area contributed by atoms with Crippen molar-refractivity contribution in [2.24, 2.45) is 0 Å². The van der Waals surface area contributed by atoms with Crippen LogP contribution in [0.2, 0.25) is 5.02 Å². The summed E-state index contributed by atoms with van der Waals surface area (Å²) in [6.45, 7) is 0.793. The van der Waals surface area contributed by atoms with Crippen LogP contribution in [0, 0.1) is 0 Å². The van der Waals surface area contributed by atoms with Crippen LogP contribution in [-0.2, 0) is 4.79 Å². The molecule has 0 amide bonds. The van der Waals surface area contributed by atoms with Gasteiger partial charge in [-0.3, -0.25) is 9.69 Å². The minimum Gasteiger partial charge on any atom is -0.486 e. The van der Waals surface area contributed by atoms with Crippen molar-refractivity contribution in [2.45, 2.75) is 12.1 Å². The van der Waals surface area contributed by atoms with Crippen LogP contribution in [-0.4, -0.2) is 42.3 Å². The molecule has 0 saturated carbocycles. The molecule has 24 heavy (non-hydrogen) atoms. The largest absolute Gasteiger partial charge is 0.486 e. The van der Waals surface area contributed by atoms with Gasteiger partial charge in [0.2, 0.25) is 0 Å². The lowest BCUT2D eigenvalue weighted by molar-refractivity contribution is -0.143. The molecular weight excluding hydrogens is 330 g/mol. The average molecular weight is 348 g/mol. The highest BCUT2D eigenvalue weighted by atomic mass is 35.5. The first-order valence-corrected chi connectivity index (χ1v) is 7.99. The van der Waals surface area contributed by atoms with Crippen molar-refractivity contribution in [3.05, 3.63) is 59.1 Å². The smallest absolute Gasteiger partial charge is 0.325 e. The van der Waals surface area contributed by atoms with Gasteiger partial charge in [0.1, 0.15) is 18.8 Å². The molecule has 0 radical (unpaired) electrons. The van der Waals surface area contributed by atoms with Crippen molar-refractivity contribution in [2.75, 3.05) is 20.2 Å². The number of hydrogen-bond acceptors (Lipinski definition) is 4. The third-order valence-electron chi connectivity index (χ3n) is 3.90. The van der Waals surface area contributed by atoms with Gasteiger partial charge in [0.15, 0.2) is 11.5 Å². The Hall–Kier alpha value is -2.24. The predicted octanol–water partition coefficient (Wildman–Crippen LogP) is 3.24. The van der Waals surface area contributed by atoms with Gasteiger partial charge < -0.3 is 14.6 Å². The van der Waals surface area contributed by atoms with Crippen LogP contribution >= 0.6 is 11.6 Å². The number of carboxylic acids is 1. The van der Waals surface area contributed by atoms with E-state index in [0.717, 1.165) is 0 Å². The Labute approximate surface area is 145 Å². The summed E-state index contributed by atoms with van der Waals surface area (Å²) in [5, 5.41) is 10.1. The van der Waals surface area contributed by atoms with Gasteiger partial charge >= 0.3 is 5.97 Å². The summed E-state index contributed by atoms with van der Waals surface area (Å²) in [4.78, 5) is 13.5. The Bertz CT molecular complexity index is 736. The van der Waals surface area contributed by atoms with Gasteiger partial charge in [-0.15, -0.1) is 0 Å². The molecular formula is C18H18ClNO4. The highest BCUT2D eigenvalue weighted by Gasteiger charge is 2.29. The van der Waals surface area contributed by atoms with E-state index in [4.69, 9.17) is 21.1 Å². The van der Waals surface area contributed by atoms with Crippen LogP contribution in [0.1, 0.15) is 11.6 Å². The van der Waals surface area contributed by atoms with E-state index in [0.29, 0.717) is 35.2 Å². The van der Waals surface area contributed by atoms with Gasteiger partial charge in [0.25, 0.3) is 0 Å². The van der Waals surface area contributed by atoms with Gasteiger partial charge in [-0.2, -0.15) is 0 Å². The van der Waals surface area contributed by atoms with E-state index in [1.54, 1.807) is 36.2 Å². The number of para-hydroxylation sites is 2. The fourth-order valence-corrected chi connectivity index (χ4v) is 3.04. The molecule has 0 aliphatic carbocycles. The van der Waals surface area contributed by atoms with Gasteiger partial charge in [-0.05, 0) is 36.9 Å². The van der Waals surface area contributed by atoms with Crippen molar-refractivity contribution in [3.63, 3.8) is 0 Å². The van der Waals surface area contributed by atoms with Crippen molar-refractivity contribution < 1.29 is 19.4 Å². The molecule has 3 rings (SSSR count). The van der Waals surface area contributed by atoms with E-state index < -0.39 is 12.0 Å². The first-order valence-electron chi connectivity index (χ1n) is 7.61. The first-order chi connectivity index (χ1) is 11.5. The number of fused-ring (bicyclic) bond motifs is 1. The fraction of sp³-hybridized carbons (Fsp3) is 0.278. The molecule has 1 aliphatic heterocycles. The van der Waals surface area contributed by atoms with E-state index in [-0.39, 0.29) is 6.10 Å². The molecule has 1 N–H and O–H groups in total. The number of likely N-dealkylation sites (N-methyl/N-ethyl adjacent to an activating group) is 1. The zero-order valence-corrected chi connectivity index (χ0v) is 13.9. The number of benzene rings is 2. The second-order valence-electron chi connectivity index (χ2n) is 5.73. The number of ether oxygens (including phenoxy) is 2. The van der Waals surface area contributed by atoms with Crippen LogP contribution in [0.25, 0.3) is 0 Å². The number of halogens is 1. The number of carbonyl (C=O) groups is 1. The standard InChI is InChI=1S/C18H18ClNO4/c1-20(17(18(21)22)12-5-4-6-13(19)9-12)10-14-11-23-15-7-2-3-8-16(15)24-14/h2-9,14,17H,10-11H2,1H3,(H,21,22). The molecule has 0 bridgehead atoms. The Balaban J connectivity index is 1.73. The minimum absolute atomic E-state index is 0.245. The van der Waals surface area contributed by atoms with E-state index in [1.165, 1.54) is 0 Å². The van der Waals surface area contributed by atoms with Gasteiger partial charge in [0, 0.05) is 11.6 Å². The molecule has 1 heterocycles. The monoisotopic (exact) mass is 347 g/mol.